The van der Waals surface area contributed by atoms with E-state index in [-0.39, 0.29) is 18.5 Å². The van der Waals surface area contributed by atoms with Crippen molar-refractivity contribution in [3.8, 4) is 18.1 Å². The van der Waals surface area contributed by atoms with E-state index in [0.29, 0.717) is 0 Å². The minimum atomic E-state index is -0.336. The molecule has 4 nitrogen and oxygen atoms in total. The maximum atomic E-state index is 11.5. The number of amides is 1. The van der Waals surface area contributed by atoms with Crippen molar-refractivity contribution < 1.29 is 9.53 Å². The van der Waals surface area contributed by atoms with Crippen molar-refractivity contribution in [2.24, 2.45) is 0 Å². The lowest BCUT2D eigenvalue weighted by atomic mass is 10.2. The van der Waals surface area contributed by atoms with Crippen LogP contribution < -0.4 is 15.4 Å². The van der Waals surface area contributed by atoms with E-state index in [9.17, 15) is 4.79 Å². The number of ether oxygens (including phenoxy) is 1. The molecule has 4 heteroatoms. The molecule has 1 aromatic carbocycles. The Morgan fingerprint density at radius 3 is 2.65 bits per heavy atom. The van der Waals surface area contributed by atoms with E-state index in [2.05, 4.69) is 16.6 Å². The minimum Gasteiger partial charge on any atom is -0.497 e. The van der Waals surface area contributed by atoms with Gasteiger partial charge in [0.1, 0.15) is 11.8 Å². The van der Waals surface area contributed by atoms with E-state index >= 15 is 0 Å². The number of carbonyl (C=O) groups is 1. The van der Waals surface area contributed by atoms with Crippen LogP contribution in [0.4, 0.5) is 5.69 Å². The number of anilines is 1. The van der Waals surface area contributed by atoms with Crippen molar-refractivity contribution in [1.82, 2.24) is 5.32 Å². The number of rotatable bonds is 5. The first-order valence-corrected chi connectivity index (χ1v) is 5.29. The smallest absolute Gasteiger partial charge is 0.242 e. The molecule has 0 unspecified atom stereocenters. The van der Waals surface area contributed by atoms with Crippen molar-refractivity contribution in [3.05, 3.63) is 24.3 Å². The number of methoxy groups -OCH3 is 1. The molecule has 0 saturated heterocycles. The van der Waals surface area contributed by atoms with E-state index in [1.165, 1.54) is 0 Å². The molecular formula is C13H16N2O2. The lowest BCUT2D eigenvalue weighted by molar-refractivity contribution is -0.121. The van der Waals surface area contributed by atoms with Crippen LogP contribution in [0.15, 0.2) is 24.3 Å². The van der Waals surface area contributed by atoms with Gasteiger partial charge in [-0.15, -0.1) is 6.42 Å². The van der Waals surface area contributed by atoms with Crippen LogP contribution in [0.5, 0.6) is 5.75 Å². The van der Waals surface area contributed by atoms with Crippen molar-refractivity contribution in [2.75, 3.05) is 19.0 Å². The van der Waals surface area contributed by atoms with Crippen LogP contribution in [0.1, 0.15) is 6.92 Å². The van der Waals surface area contributed by atoms with Crippen LogP contribution in [0.2, 0.25) is 0 Å². The molecule has 2 N–H and O–H groups in total. The van der Waals surface area contributed by atoms with Crippen molar-refractivity contribution >= 4 is 11.6 Å². The van der Waals surface area contributed by atoms with Gasteiger partial charge in [0.25, 0.3) is 0 Å². The summed E-state index contributed by atoms with van der Waals surface area (Å²) in [5.74, 6) is 3.01. The van der Waals surface area contributed by atoms with Gasteiger partial charge in [0.2, 0.25) is 5.91 Å². The first-order chi connectivity index (χ1) is 8.17. The van der Waals surface area contributed by atoms with E-state index in [1.54, 1.807) is 14.0 Å². The number of terminal acetylenes is 1. The van der Waals surface area contributed by atoms with Gasteiger partial charge in [-0.05, 0) is 31.2 Å². The Bertz CT molecular complexity index is 406. The fraction of sp³-hybridized carbons (Fsp3) is 0.308. The topological polar surface area (TPSA) is 50.4 Å². The van der Waals surface area contributed by atoms with Crippen LogP contribution in [-0.2, 0) is 4.79 Å². The summed E-state index contributed by atoms with van der Waals surface area (Å²) >= 11 is 0. The highest BCUT2D eigenvalue weighted by Crippen LogP contribution is 2.15. The Morgan fingerprint density at radius 2 is 2.12 bits per heavy atom. The summed E-state index contributed by atoms with van der Waals surface area (Å²) in [4.78, 5) is 11.5. The molecule has 90 valence electrons. The molecule has 1 atom stereocenters. The number of nitrogens with one attached hydrogen (secondary N) is 2. The van der Waals surface area contributed by atoms with E-state index in [1.807, 2.05) is 24.3 Å². The van der Waals surface area contributed by atoms with Crippen LogP contribution in [0.3, 0.4) is 0 Å². The monoisotopic (exact) mass is 232 g/mol. The lowest BCUT2D eigenvalue weighted by Gasteiger charge is -2.14. The summed E-state index contributed by atoms with van der Waals surface area (Å²) in [5.41, 5.74) is 0.856. The van der Waals surface area contributed by atoms with Gasteiger partial charge in [-0.25, -0.2) is 0 Å². The van der Waals surface area contributed by atoms with E-state index in [4.69, 9.17) is 11.2 Å². The standard InChI is InChI=1S/C13H16N2O2/c1-4-9-14-13(16)10(2)15-11-5-7-12(17-3)8-6-11/h1,5-8,10,15H,9H2,2-3H3,(H,14,16)/t10-/m0/s1. The van der Waals surface area contributed by atoms with Crippen LogP contribution >= 0.6 is 0 Å². The molecule has 0 spiro atoms. The third-order valence-corrected chi connectivity index (χ3v) is 2.23. The number of benzene rings is 1. The lowest BCUT2D eigenvalue weighted by Crippen LogP contribution is -2.37. The molecule has 0 bridgehead atoms. The quantitative estimate of drug-likeness (QED) is 0.751. The Labute approximate surface area is 101 Å². The molecular weight excluding hydrogens is 216 g/mol. The summed E-state index contributed by atoms with van der Waals surface area (Å²) < 4.78 is 5.05. The summed E-state index contributed by atoms with van der Waals surface area (Å²) in [5, 5.41) is 5.68. The average Bonchev–Trinajstić information content (AvgIpc) is 2.36. The van der Waals surface area contributed by atoms with Gasteiger partial charge in [-0.2, -0.15) is 0 Å². The fourth-order valence-corrected chi connectivity index (χ4v) is 1.29. The maximum Gasteiger partial charge on any atom is 0.242 e. The van der Waals surface area contributed by atoms with Crippen molar-refractivity contribution in [1.29, 1.82) is 0 Å². The molecule has 0 aliphatic heterocycles. The zero-order valence-corrected chi connectivity index (χ0v) is 9.99. The first kappa shape index (κ1) is 12.9. The number of hydrogen-bond donors (Lipinski definition) is 2. The van der Waals surface area contributed by atoms with Crippen molar-refractivity contribution in [2.45, 2.75) is 13.0 Å². The molecule has 1 amide bonds. The SMILES string of the molecule is C#CCNC(=O)[C@H](C)Nc1ccc(OC)cc1. The van der Waals surface area contributed by atoms with Gasteiger partial charge in [-0.1, -0.05) is 5.92 Å². The molecule has 0 heterocycles. The van der Waals surface area contributed by atoms with Gasteiger partial charge in [0.05, 0.1) is 13.7 Å². The molecule has 1 aromatic rings. The first-order valence-electron chi connectivity index (χ1n) is 5.29. The minimum absolute atomic E-state index is 0.126. The normalized spacial score (nSPS) is 11.1. The summed E-state index contributed by atoms with van der Waals surface area (Å²) in [7, 11) is 1.61. The number of hydrogen-bond acceptors (Lipinski definition) is 3. The second-order valence-electron chi connectivity index (χ2n) is 3.52. The summed E-state index contributed by atoms with van der Waals surface area (Å²) in [6, 6.07) is 7.02. The Balaban J connectivity index is 2.52. The largest absolute Gasteiger partial charge is 0.497 e. The Kier molecular flexibility index (Phi) is 4.89. The van der Waals surface area contributed by atoms with E-state index in [0.717, 1.165) is 11.4 Å². The van der Waals surface area contributed by atoms with Gasteiger partial charge < -0.3 is 15.4 Å². The molecule has 17 heavy (non-hydrogen) atoms. The third-order valence-electron chi connectivity index (χ3n) is 2.23. The second-order valence-corrected chi connectivity index (χ2v) is 3.52. The average molecular weight is 232 g/mol. The molecule has 0 aliphatic carbocycles. The Morgan fingerprint density at radius 1 is 1.47 bits per heavy atom. The molecule has 0 fully saturated rings. The molecule has 0 aliphatic rings. The molecule has 0 radical (unpaired) electrons. The predicted molar refractivity (Wildman–Crippen MR) is 67.9 cm³/mol. The number of carbonyl (C=O) groups excluding carboxylic acids is 1. The Hall–Kier alpha value is -2.15. The highest BCUT2D eigenvalue weighted by Gasteiger charge is 2.11. The van der Waals surface area contributed by atoms with Crippen LogP contribution in [0.25, 0.3) is 0 Å². The zero-order valence-electron chi connectivity index (χ0n) is 9.99. The predicted octanol–water partition coefficient (Wildman–Crippen LogP) is 1.24. The van der Waals surface area contributed by atoms with Crippen LogP contribution in [0, 0.1) is 12.3 Å². The van der Waals surface area contributed by atoms with Gasteiger partial charge >= 0.3 is 0 Å². The summed E-state index contributed by atoms with van der Waals surface area (Å²) in [6.07, 6.45) is 5.06. The highest BCUT2D eigenvalue weighted by molar-refractivity contribution is 5.84. The van der Waals surface area contributed by atoms with Gasteiger partial charge in [0.15, 0.2) is 0 Å². The van der Waals surface area contributed by atoms with Crippen LogP contribution in [-0.4, -0.2) is 25.6 Å². The van der Waals surface area contributed by atoms with E-state index < -0.39 is 0 Å². The molecule has 1 rings (SSSR count). The molecule has 0 saturated carbocycles. The zero-order chi connectivity index (χ0) is 12.7. The molecule has 0 aromatic heterocycles. The second kappa shape index (κ2) is 6.44. The summed E-state index contributed by atoms with van der Waals surface area (Å²) in [6.45, 7) is 2.02. The van der Waals surface area contributed by atoms with Gasteiger partial charge in [-0.3, -0.25) is 4.79 Å². The third kappa shape index (κ3) is 4.07. The van der Waals surface area contributed by atoms with Crippen molar-refractivity contribution in [3.63, 3.8) is 0 Å². The fourth-order valence-electron chi connectivity index (χ4n) is 1.29. The maximum absolute atomic E-state index is 11.5. The highest BCUT2D eigenvalue weighted by atomic mass is 16.5. The van der Waals surface area contributed by atoms with Gasteiger partial charge in [0, 0.05) is 5.69 Å².